The number of unbranched alkanes of at least 4 members (excludes halogenated alkanes) is 30. The fraction of sp³-hybridized carbons (Fsp3) is 1.00. The van der Waals surface area contributed by atoms with Gasteiger partial charge in [-0.25, -0.2) is 0 Å². The molecule has 0 aliphatic carbocycles. The molecule has 256 valence electrons. The van der Waals surface area contributed by atoms with E-state index in [-0.39, 0.29) is 154 Å². The maximum absolute atomic E-state index is 8.55. The normalized spacial score (nSPS) is 10.8. The van der Waals surface area contributed by atoms with Gasteiger partial charge in [0.15, 0.2) is 0 Å². The summed E-state index contributed by atoms with van der Waals surface area (Å²) in [6.07, 6.45) is 46.0. The molecule has 0 rings (SSSR count). The van der Waals surface area contributed by atoms with Gasteiger partial charge in [-0.05, 0) is 12.8 Å². The average molecular weight is 735 g/mol. The fourth-order valence-electron chi connectivity index (χ4n) is 5.61. The first-order valence-electron chi connectivity index (χ1n) is 18.7. The molecule has 0 bridgehead atoms. The van der Waals surface area contributed by atoms with Gasteiger partial charge >= 0.3 is 154 Å². The van der Waals surface area contributed by atoms with Crippen LogP contribution in [0.2, 0.25) is 0 Å². The second kappa shape index (κ2) is 53.3. The minimum atomic E-state index is -5.39. The molecule has 0 saturated heterocycles. The third-order valence-electron chi connectivity index (χ3n) is 8.28. The van der Waals surface area contributed by atoms with Gasteiger partial charge in [-0.15, -0.1) is 0 Å². The molecule has 0 unspecified atom stereocenters. The van der Waals surface area contributed by atoms with E-state index < -0.39 is 7.82 Å². The fourth-order valence-corrected chi connectivity index (χ4v) is 5.61. The molecular weight excluding hydrogens is 661 g/mol. The molecule has 0 saturated carbocycles. The minimum absolute atomic E-state index is 0. The molecule has 0 amide bonds. The zero-order valence-electron chi connectivity index (χ0n) is 31.5. The van der Waals surface area contributed by atoms with Crippen LogP contribution in [0.4, 0.5) is 0 Å². The van der Waals surface area contributed by atoms with Crippen molar-refractivity contribution in [2.24, 2.45) is 0 Å². The summed E-state index contributed by atoms with van der Waals surface area (Å²) < 4.78 is 14.4. The van der Waals surface area contributed by atoms with Crippen LogP contribution in [0.25, 0.3) is 0 Å². The van der Waals surface area contributed by atoms with Crippen molar-refractivity contribution in [1.29, 1.82) is 0 Å². The van der Waals surface area contributed by atoms with Gasteiger partial charge in [0.05, 0.1) is 0 Å². The smallest absolute Gasteiger partial charge is 0.822 e. The van der Waals surface area contributed by atoms with Crippen LogP contribution in [0.15, 0.2) is 0 Å². The van der Waals surface area contributed by atoms with Gasteiger partial charge in [-0.3, -0.25) is 0 Å². The van der Waals surface area contributed by atoms with E-state index in [2.05, 4.69) is 13.8 Å². The standard InChI is InChI=1S/C36H74O.3K.H3O4P/c1-3-5-7-9-11-13-15-17-19-21-23-25-27-29-31-33-35-37-36-34-32-30-28-26-24-22-20-18-16-14-12-10-8-6-4-2;;;;1-5(2,3)4/h3-36H2,1-2H3;;;;(H3,1,2,3,4)/q;3*+1;/p-3. The first kappa shape index (κ1) is 59.3. The molecule has 0 aliphatic heterocycles. The molecule has 9 heteroatoms. The number of rotatable bonds is 34. The average Bonchev–Trinajstić information content (AvgIpc) is 2.94. The molecule has 0 aromatic heterocycles. The monoisotopic (exact) mass is 734 g/mol. The topological polar surface area (TPSA) is 95.5 Å². The Morgan fingerprint density at radius 3 is 0.622 bits per heavy atom. The maximum Gasteiger partial charge on any atom is 1.00 e. The van der Waals surface area contributed by atoms with Crippen molar-refractivity contribution in [3.05, 3.63) is 0 Å². The Morgan fingerprint density at radius 1 is 0.333 bits per heavy atom. The van der Waals surface area contributed by atoms with E-state index in [1.165, 1.54) is 205 Å². The van der Waals surface area contributed by atoms with Crippen molar-refractivity contribution in [1.82, 2.24) is 0 Å². The predicted molar refractivity (Wildman–Crippen MR) is 178 cm³/mol. The third-order valence-corrected chi connectivity index (χ3v) is 8.28. The molecule has 0 spiro atoms. The van der Waals surface area contributed by atoms with E-state index in [0.717, 1.165) is 13.2 Å². The second-order valence-corrected chi connectivity index (χ2v) is 13.6. The van der Waals surface area contributed by atoms with Crippen molar-refractivity contribution in [3.63, 3.8) is 0 Å². The summed E-state index contributed by atoms with van der Waals surface area (Å²) in [6, 6.07) is 0. The van der Waals surface area contributed by atoms with Gasteiger partial charge in [0, 0.05) is 13.2 Å². The van der Waals surface area contributed by atoms with Gasteiger partial charge in [-0.2, -0.15) is 7.82 Å². The van der Waals surface area contributed by atoms with Crippen LogP contribution in [0.5, 0.6) is 0 Å². The predicted octanol–water partition coefficient (Wildman–Crippen LogP) is 1.71. The summed E-state index contributed by atoms with van der Waals surface area (Å²) in [5.41, 5.74) is 0. The molecule has 0 fully saturated rings. The van der Waals surface area contributed by atoms with Crippen LogP contribution in [0.1, 0.15) is 219 Å². The van der Waals surface area contributed by atoms with E-state index >= 15 is 0 Å². The molecule has 0 aliphatic rings. The molecule has 0 radical (unpaired) electrons. The van der Waals surface area contributed by atoms with Crippen LogP contribution >= 0.6 is 7.82 Å². The largest absolute Gasteiger partial charge is 1.00 e. The van der Waals surface area contributed by atoms with Crippen molar-refractivity contribution in [2.75, 3.05) is 13.2 Å². The van der Waals surface area contributed by atoms with Gasteiger partial charge < -0.3 is 24.0 Å². The van der Waals surface area contributed by atoms with Gasteiger partial charge in [-0.1, -0.05) is 206 Å². The molecule has 45 heavy (non-hydrogen) atoms. The van der Waals surface area contributed by atoms with Gasteiger partial charge in [0.2, 0.25) is 0 Å². The number of phosphoric acid groups is 1. The molecule has 0 N–H and O–H groups in total. The Hall–Kier alpha value is 4.98. The Bertz CT molecular complexity index is 485. The first-order valence-corrected chi connectivity index (χ1v) is 20.2. The molecule has 5 nitrogen and oxygen atoms in total. The Balaban J connectivity index is -0.000000613. The summed E-state index contributed by atoms with van der Waals surface area (Å²) in [7, 11) is -5.39. The zero-order valence-corrected chi connectivity index (χ0v) is 41.8. The molecule has 0 aromatic carbocycles. The van der Waals surface area contributed by atoms with Crippen LogP contribution in [0, 0.1) is 0 Å². The Labute approximate surface area is 410 Å². The third kappa shape index (κ3) is 71.1. The van der Waals surface area contributed by atoms with Crippen LogP contribution in [-0.2, 0) is 9.30 Å². The Morgan fingerprint density at radius 2 is 0.467 bits per heavy atom. The summed E-state index contributed by atoms with van der Waals surface area (Å²) in [6.45, 7) is 6.60. The number of ether oxygens (including phenoxy) is 1. The van der Waals surface area contributed by atoms with E-state index in [4.69, 9.17) is 24.0 Å². The van der Waals surface area contributed by atoms with Crippen molar-refractivity contribution >= 4 is 7.82 Å². The van der Waals surface area contributed by atoms with Crippen LogP contribution in [-0.4, -0.2) is 13.2 Å². The summed E-state index contributed by atoms with van der Waals surface area (Å²) in [5, 5.41) is 0. The van der Waals surface area contributed by atoms with Gasteiger partial charge in [0.1, 0.15) is 0 Å². The van der Waals surface area contributed by atoms with E-state index in [9.17, 15) is 0 Å². The van der Waals surface area contributed by atoms with Crippen LogP contribution < -0.4 is 169 Å². The minimum Gasteiger partial charge on any atom is -0.822 e. The second-order valence-electron chi connectivity index (χ2n) is 12.7. The van der Waals surface area contributed by atoms with Crippen molar-refractivity contribution in [3.8, 4) is 0 Å². The van der Waals surface area contributed by atoms with E-state index in [1.54, 1.807) is 0 Å². The van der Waals surface area contributed by atoms with Gasteiger partial charge in [0.25, 0.3) is 0 Å². The Kier molecular flexibility index (Phi) is 70.2. The van der Waals surface area contributed by atoms with Crippen molar-refractivity contribution in [2.45, 2.75) is 219 Å². The molecular formula is C36H74K3O5P. The number of hydrogen-bond acceptors (Lipinski definition) is 5. The number of hydrogen-bond donors (Lipinski definition) is 0. The summed E-state index contributed by atoms with van der Waals surface area (Å²) in [5.74, 6) is 0. The quantitative estimate of drug-likeness (QED) is 0.0571. The van der Waals surface area contributed by atoms with Crippen molar-refractivity contribution < 1.29 is 178 Å². The summed E-state index contributed by atoms with van der Waals surface area (Å²) >= 11 is 0. The molecule has 0 aromatic rings. The zero-order chi connectivity index (χ0) is 31.2. The van der Waals surface area contributed by atoms with E-state index in [1.807, 2.05) is 0 Å². The van der Waals surface area contributed by atoms with Crippen LogP contribution in [0.3, 0.4) is 0 Å². The maximum atomic E-state index is 8.55. The first-order chi connectivity index (χ1) is 20.4. The molecule has 0 atom stereocenters. The summed E-state index contributed by atoms with van der Waals surface area (Å²) in [4.78, 5) is 25.6. The van der Waals surface area contributed by atoms with E-state index in [0.29, 0.717) is 0 Å². The molecule has 0 heterocycles. The SMILES string of the molecule is CCCCCCCCCCCCCCCCCCOCCCCCCCCCCCCCCCCCC.O=P([O-])([O-])[O-].[K+].[K+].[K+].